The molecule has 0 bridgehead atoms. The van der Waals surface area contributed by atoms with E-state index in [1.807, 2.05) is 0 Å². The molecule has 0 amide bonds. The van der Waals surface area contributed by atoms with E-state index in [9.17, 15) is 0 Å². The molecule has 0 unspecified atom stereocenters. The van der Waals surface area contributed by atoms with Gasteiger partial charge in [0.1, 0.15) is 0 Å². The van der Waals surface area contributed by atoms with Crippen LogP contribution in [0.4, 0.5) is 0 Å². The second kappa shape index (κ2) is 4.05. The van der Waals surface area contributed by atoms with E-state index in [1.54, 1.807) is 0 Å². The second-order valence-electron chi connectivity index (χ2n) is 7.54. The molecule has 0 atom stereocenters. The van der Waals surface area contributed by atoms with Crippen LogP contribution < -0.4 is 0 Å². The van der Waals surface area contributed by atoms with E-state index < -0.39 is 0 Å². The van der Waals surface area contributed by atoms with Crippen molar-refractivity contribution in [3.8, 4) is 0 Å². The molecule has 23 heavy (non-hydrogen) atoms. The van der Waals surface area contributed by atoms with E-state index in [4.69, 9.17) is 0 Å². The summed E-state index contributed by atoms with van der Waals surface area (Å²) in [6.07, 6.45) is 0. The van der Waals surface area contributed by atoms with Crippen LogP contribution in [-0.2, 0) is 5.41 Å². The van der Waals surface area contributed by atoms with Crippen molar-refractivity contribution >= 4 is 38.1 Å². The first kappa shape index (κ1) is 13.0. The Bertz CT molecular complexity index is 1190. The van der Waals surface area contributed by atoms with Gasteiger partial charge in [-0.2, -0.15) is 0 Å². The zero-order chi connectivity index (χ0) is 15.8. The van der Waals surface area contributed by atoms with Crippen molar-refractivity contribution in [2.45, 2.75) is 26.2 Å². The monoisotopic (exact) mass is 297 g/mol. The molecule has 1 nitrogen and oxygen atoms in total. The molecule has 1 heteroatoms. The summed E-state index contributed by atoms with van der Waals surface area (Å²) in [6.45, 7) is 6.83. The van der Waals surface area contributed by atoms with Gasteiger partial charge in [-0.3, -0.25) is 0 Å². The smallest absolute Gasteiger partial charge is 0.0620 e. The van der Waals surface area contributed by atoms with Crippen molar-refractivity contribution in [2.75, 3.05) is 0 Å². The fourth-order valence-electron chi connectivity index (χ4n) is 3.90. The van der Waals surface area contributed by atoms with Crippen LogP contribution in [0.5, 0.6) is 0 Å². The number of para-hydroxylation sites is 2. The van der Waals surface area contributed by atoms with E-state index in [1.165, 1.54) is 43.7 Å². The average molecular weight is 297 g/mol. The van der Waals surface area contributed by atoms with Crippen LogP contribution in [0, 0.1) is 0 Å². The molecular formula is C22H19N. The second-order valence-corrected chi connectivity index (χ2v) is 7.54. The minimum atomic E-state index is 0.169. The molecule has 5 aromatic rings. The summed E-state index contributed by atoms with van der Waals surface area (Å²) in [4.78, 5) is 0. The Morgan fingerprint density at radius 3 is 2.09 bits per heavy atom. The quantitative estimate of drug-likeness (QED) is 0.323. The van der Waals surface area contributed by atoms with Crippen LogP contribution in [0.1, 0.15) is 26.3 Å². The SMILES string of the molecule is CC(C)(C)c1ccc2c(c1)c1cccc3c4ccccc4n2c31. The van der Waals surface area contributed by atoms with Gasteiger partial charge in [0.2, 0.25) is 0 Å². The highest BCUT2D eigenvalue weighted by molar-refractivity contribution is 6.23. The highest BCUT2D eigenvalue weighted by Crippen LogP contribution is 2.39. The van der Waals surface area contributed by atoms with Crippen LogP contribution in [-0.4, -0.2) is 4.40 Å². The molecule has 112 valence electrons. The lowest BCUT2D eigenvalue weighted by atomic mass is 9.86. The molecule has 0 N–H and O–H groups in total. The number of hydrogen-bond acceptors (Lipinski definition) is 0. The zero-order valence-electron chi connectivity index (χ0n) is 13.7. The lowest BCUT2D eigenvalue weighted by molar-refractivity contribution is 0.591. The maximum absolute atomic E-state index is 2.43. The number of aromatic nitrogens is 1. The van der Waals surface area contributed by atoms with Gasteiger partial charge in [0.15, 0.2) is 0 Å². The molecule has 0 saturated heterocycles. The molecule has 2 aromatic heterocycles. The molecule has 0 saturated carbocycles. The standard InChI is InChI=1S/C22H19N/c1-22(2,3)14-11-12-20-18(13-14)17-9-6-8-16-15-7-4-5-10-19(15)23(20)21(16)17/h4-13H,1-3H3. The summed E-state index contributed by atoms with van der Waals surface area (Å²) in [6, 6.07) is 22.4. The van der Waals surface area contributed by atoms with Gasteiger partial charge in [-0.15, -0.1) is 0 Å². The first-order valence-corrected chi connectivity index (χ1v) is 8.23. The van der Waals surface area contributed by atoms with E-state index in [-0.39, 0.29) is 5.41 Å². The van der Waals surface area contributed by atoms with Crippen LogP contribution in [0.3, 0.4) is 0 Å². The van der Waals surface area contributed by atoms with Gasteiger partial charge in [0, 0.05) is 21.5 Å². The number of nitrogens with zero attached hydrogens (tertiary/aromatic N) is 1. The number of benzene rings is 3. The molecule has 5 rings (SSSR count). The van der Waals surface area contributed by atoms with E-state index in [0.29, 0.717) is 0 Å². The fraction of sp³-hybridized carbons (Fsp3) is 0.182. The summed E-state index contributed by atoms with van der Waals surface area (Å²) in [7, 11) is 0. The maximum atomic E-state index is 2.43. The Morgan fingerprint density at radius 2 is 1.30 bits per heavy atom. The average Bonchev–Trinajstić information content (AvgIpc) is 3.05. The Balaban J connectivity index is 2.08. The first-order valence-electron chi connectivity index (χ1n) is 8.23. The Hall–Kier alpha value is -2.54. The molecule has 0 spiro atoms. The fourth-order valence-corrected chi connectivity index (χ4v) is 3.90. The Labute approximate surface area is 135 Å². The van der Waals surface area contributed by atoms with Crippen LogP contribution in [0.25, 0.3) is 38.1 Å². The lowest BCUT2D eigenvalue weighted by Crippen LogP contribution is -2.10. The van der Waals surface area contributed by atoms with E-state index in [0.717, 1.165) is 0 Å². The van der Waals surface area contributed by atoms with Gasteiger partial charge in [0.25, 0.3) is 0 Å². The normalized spacial score (nSPS) is 13.0. The summed E-state index contributed by atoms with van der Waals surface area (Å²) in [5, 5.41) is 5.42. The first-order chi connectivity index (χ1) is 11.1. The van der Waals surface area contributed by atoms with Crippen LogP contribution >= 0.6 is 0 Å². The van der Waals surface area contributed by atoms with Crippen molar-refractivity contribution in [3.05, 3.63) is 66.2 Å². The Kier molecular flexibility index (Phi) is 2.28. The van der Waals surface area contributed by atoms with Crippen LogP contribution in [0.2, 0.25) is 0 Å². The topological polar surface area (TPSA) is 4.41 Å². The highest BCUT2D eigenvalue weighted by Gasteiger charge is 2.19. The third-order valence-electron chi connectivity index (χ3n) is 5.09. The molecule has 2 heterocycles. The summed E-state index contributed by atoms with van der Waals surface area (Å²) < 4.78 is 2.43. The van der Waals surface area contributed by atoms with Crippen molar-refractivity contribution in [2.24, 2.45) is 0 Å². The summed E-state index contributed by atoms with van der Waals surface area (Å²) >= 11 is 0. The minimum Gasteiger partial charge on any atom is -0.308 e. The molecule has 3 aromatic carbocycles. The number of rotatable bonds is 0. The van der Waals surface area contributed by atoms with Crippen molar-refractivity contribution < 1.29 is 0 Å². The van der Waals surface area contributed by atoms with Gasteiger partial charge in [-0.05, 0) is 29.2 Å². The molecule has 0 aliphatic rings. The molecule has 0 aliphatic heterocycles. The van der Waals surface area contributed by atoms with Crippen molar-refractivity contribution in [1.82, 2.24) is 4.40 Å². The predicted octanol–water partition coefficient (Wildman–Crippen LogP) is 6.13. The minimum absolute atomic E-state index is 0.169. The van der Waals surface area contributed by atoms with Crippen LogP contribution in [0.15, 0.2) is 60.7 Å². The molecule has 0 fully saturated rings. The zero-order valence-corrected chi connectivity index (χ0v) is 13.7. The summed E-state index contributed by atoms with van der Waals surface area (Å²) in [5.74, 6) is 0. The van der Waals surface area contributed by atoms with Crippen molar-refractivity contribution in [1.29, 1.82) is 0 Å². The van der Waals surface area contributed by atoms with Crippen molar-refractivity contribution in [3.63, 3.8) is 0 Å². The van der Waals surface area contributed by atoms with Gasteiger partial charge in [-0.25, -0.2) is 0 Å². The number of fused-ring (bicyclic) bond motifs is 6. The van der Waals surface area contributed by atoms with E-state index in [2.05, 4.69) is 85.8 Å². The lowest BCUT2D eigenvalue weighted by Gasteiger charge is -2.19. The molecule has 0 aliphatic carbocycles. The van der Waals surface area contributed by atoms with Gasteiger partial charge >= 0.3 is 0 Å². The largest absolute Gasteiger partial charge is 0.308 e. The Morgan fingerprint density at radius 1 is 0.652 bits per heavy atom. The van der Waals surface area contributed by atoms with Gasteiger partial charge in [0.05, 0.1) is 16.6 Å². The maximum Gasteiger partial charge on any atom is 0.0620 e. The third-order valence-corrected chi connectivity index (χ3v) is 5.09. The predicted molar refractivity (Wildman–Crippen MR) is 99.8 cm³/mol. The van der Waals surface area contributed by atoms with Gasteiger partial charge < -0.3 is 4.40 Å². The number of hydrogen-bond donors (Lipinski definition) is 0. The molecular weight excluding hydrogens is 278 g/mol. The molecule has 0 radical (unpaired) electrons. The van der Waals surface area contributed by atoms with E-state index >= 15 is 0 Å². The highest BCUT2D eigenvalue weighted by atomic mass is 14.9. The third kappa shape index (κ3) is 1.57. The van der Waals surface area contributed by atoms with Gasteiger partial charge in [-0.1, -0.05) is 63.2 Å². The summed E-state index contributed by atoms with van der Waals surface area (Å²) in [5.41, 5.74) is 5.53.